The number of hydrogen-bond acceptors (Lipinski definition) is 1. The van der Waals surface area contributed by atoms with Crippen LogP contribution in [-0.2, 0) is 4.74 Å². The molecule has 15 heavy (non-hydrogen) atoms. The summed E-state index contributed by atoms with van der Waals surface area (Å²) in [6, 6.07) is 0. The molecular formula is C14H28O. The summed E-state index contributed by atoms with van der Waals surface area (Å²) in [4.78, 5) is 0. The Bertz CT molecular complexity index is 161. The Balaban J connectivity index is 3.97. The lowest BCUT2D eigenvalue weighted by Crippen LogP contribution is -2.17. The summed E-state index contributed by atoms with van der Waals surface area (Å²) in [6.45, 7) is 15.0. The summed E-state index contributed by atoms with van der Waals surface area (Å²) >= 11 is 0. The summed E-state index contributed by atoms with van der Waals surface area (Å²) in [6.07, 6.45) is 5.53. The zero-order valence-corrected chi connectivity index (χ0v) is 11.1. The zero-order valence-electron chi connectivity index (χ0n) is 11.1. The fraction of sp³-hybridized carbons (Fsp3) is 0.857. The fourth-order valence-corrected chi connectivity index (χ4v) is 2.22. The first-order chi connectivity index (χ1) is 6.95. The first-order valence-corrected chi connectivity index (χ1v) is 6.22. The van der Waals surface area contributed by atoms with Gasteiger partial charge in [0.15, 0.2) is 0 Å². The Morgan fingerprint density at radius 3 is 1.87 bits per heavy atom. The van der Waals surface area contributed by atoms with Crippen LogP contribution in [0, 0.1) is 17.8 Å². The van der Waals surface area contributed by atoms with Gasteiger partial charge in [0.25, 0.3) is 0 Å². The average molecular weight is 212 g/mol. The van der Waals surface area contributed by atoms with Gasteiger partial charge >= 0.3 is 0 Å². The van der Waals surface area contributed by atoms with Crippen LogP contribution < -0.4 is 0 Å². The molecule has 90 valence electrons. The van der Waals surface area contributed by atoms with Crippen molar-refractivity contribution >= 4 is 0 Å². The Labute approximate surface area is 95.9 Å². The van der Waals surface area contributed by atoms with Crippen LogP contribution in [0.25, 0.3) is 0 Å². The van der Waals surface area contributed by atoms with Gasteiger partial charge in [-0.15, -0.1) is 0 Å². The molecule has 0 heterocycles. The SMILES string of the molecule is C=COC(CC(C)C)CC(C)CC(C)C. The van der Waals surface area contributed by atoms with E-state index in [1.54, 1.807) is 6.26 Å². The van der Waals surface area contributed by atoms with E-state index in [0.717, 1.165) is 24.7 Å². The van der Waals surface area contributed by atoms with Crippen LogP contribution in [0.2, 0.25) is 0 Å². The summed E-state index contributed by atoms with van der Waals surface area (Å²) in [5.74, 6) is 2.22. The van der Waals surface area contributed by atoms with E-state index < -0.39 is 0 Å². The maximum Gasteiger partial charge on any atom is 0.0983 e. The molecule has 0 fully saturated rings. The molecule has 0 radical (unpaired) electrons. The minimum Gasteiger partial charge on any atom is -0.499 e. The molecule has 0 aliphatic heterocycles. The number of rotatable bonds is 8. The van der Waals surface area contributed by atoms with Gasteiger partial charge in [-0.05, 0) is 37.0 Å². The highest BCUT2D eigenvalue weighted by Crippen LogP contribution is 2.21. The third-order valence-electron chi connectivity index (χ3n) is 2.56. The Morgan fingerprint density at radius 2 is 1.47 bits per heavy atom. The lowest BCUT2D eigenvalue weighted by Gasteiger charge is -2.23. The summed E-state index contributed by atoms with van der Waals surface area (Å²) in [7, 11) is 0. The van der Waals surface area contributed by atoms with E-state index in [2.05, 4.69) is 41.2 Å². The molecule has 0 amide bonds. The zero-order chi connectivity index (χ0) is 11.8. The largest absolute Gasteiger partial charge is 0.499 e. The smallest absolute Gasteiger partial charge is 0.0983 e. The van der Waals surface area contributed by atoms with Crippen LogP contribution in [0.5, 0.6) is 0 Å². The summed E-state index contributed by atoms with van der Waals surface area (Å²) in [5.41, 5.74) is 0. The van der Waals surface area contributed by atoms with Gasteiger partial charge in [0, 0.05) is 0 Å². The highest BCUT2D eigenvalue weighted by molar-refractivity contribution is 4.69. The van der Waals surface area contributed by atoms with Gasteiger partial charge in [-0.1, -0.05) is 41.2 Å². The predicted molar refractivity (Wildman–Crippen MR) is 67.8 cm³/mol. The molecular weight excluding hydrogens is 184 g/mol. The van der Waals surface area contributed by atoms with Crippen LogP contribution in [0.4, 0.5) is 0 Å². The standard InChI is InChI=1S/C14H28O/c1-7-15-14(9-12(4)5)10-13(6)8-11(2)3/h7,11-14H,1,8-10H2,2-6H3. The van der Waals surface area contributed by atoms with Gasteiger partial charge in [0.05, 0.1) is 12.4 Å². The molecule has 2 atom stereocenters. The van der Waals surface area contributed by atoms with Crippen LogP contribution in [0.3, 0.4) is 0 Å². The molecule has 2 unspecified atom stereocenters. The third kappa shape index (κ3) is 8.53. The van der Waals surface area contributed by atoms with Crippen molar-refractivity contribution in [2.24, 2.45) is 17.8 Å². The lowest BCUT2D eigenvalue weighted by molar-refractivity contribution is 0.0965. The van der Waals surface area contributed by atoms with Crippen LogP contribution in [-0.4, -0.2) is 6.10 Å². The van der Waals surface area contributed by atoms with Crippen molar-refractivity contribution < 1.29 is 4.74 Å². The molecule has 1 nitrogen and oxygen atoms in total. The monoisotopic (exact) mass is 212 g/mol. The van der Waals surface area contributed by atoms with Crippen molar-refractivity contribution in [1.82, 2.24) is 0 Å². The van der Waals surface area contributed by atoms with Crippen molar-refractivity contribution in [2.75, 3.05) is 0 Å². The molecule has 0 rings (SSSR count). The van der Waals surface area contributed by atoms with Gasteiger partial charge < -0.3 is 4.74 Å². The second-order valence-electron chi connectivity index (χ2n) is 5.52. The fourth-order valence-electron chi connectivity index (χ4n) is 2.22. The quantitative estimate of drug-likeness (QED) is 0.533. The lowest BCUT2D eigenvalue weighted by atomic mass is 9.91. The molecule has 1 heteroatoms. The second-order valence-corrected chi connectivity index (χ2v) is 5.52. The van der Waals surface area contributed by atoms with E-state index in [-0.39, 0.29) is 0 Å². The maximum atomic E-state index is 5.57. The highest BCUT2D eigenvalue weighted by Gasteiger charge is 2.15. The molecule has 0 saturated heterocycles. The molecule has 0 spiro atoms. The molecule has 0 N–H and O–H groups in total. The van der Waals surface area contributed by atoms with E-state index in [1.165, 1.54) is 6.42 Å². The molecule has 0 aromatic rings. The van der Waals surface area contributed by atoms with E-state index in [9.17, 15) is 0 Å². The summed E-state index contributed by atoms with van der Waals surface area (Å²) < 4.78 is 5.57. The first kappa shape index (κ1) is 14.5. The molecule has 0 saturated carbocycles. The minimum absolute atomic E-state index is 0.358. The molecule has 0 aromatic carbocycles. The van der Waals surface area contributed by atoms with E-state index >= 15 is 0 Å². The van der Waals surface area contributed by atoms with Gasteiger partial charge in [0.1, 0.15) is 0 Å². The van der Waals surface area contributed by atoms with Crippen LogP contribution in [0.1, 0.15) is 53.9 Å². The van der Waals surface area contributed by atoms with Crippen molar-refractivity contribution in [3.8, 4) is 0 Å². The van der Waals surface area contributed by atoms with Crippen LogP contribution in [0.15, 0.2) is 12.8 Å². The third-order valence-corrected chi connectivity index (χ3v) is 2.56. The normalized spacial score (nSPS) is 15.4. The molecule has 0 aliphatic rings. The van der Waals surface area contributed by atoms with Crippen LogP contribution >= 0.6 is 0 Å². The molecule has 0 aliphatic carbocycles. The Hall–Kier alpha value is -0.460. The Kier molecular flexibility index (Phi) is 7.54. The summed E-state index contributed by atoms with van der Waals surface area (Å²) in [5, 5.41) is 0. The van der Waals surface area contributed by atoms with E-state index in [4.69, 9.17) is 4.74 Å². The second kappa shape index (κ2) is 7.78. The van der Waals surface area contributed by atoms with Crippen molar-refractivity contribution in [3.63, 3.8) is 0 Å². The van der Waals surface area contributed by atoms with Crippen molar-refractivity contribution in [3.05, 3.63) is 12.8 Å². The topological polar surface area (TPSA) is 9.23 Å². The van der Waals surface area contributed by atoms with Crippen molar-refractivity contribution in [1.29, 1.82) is 0 Å². The van der Waals surface area contributed by atoms with Gasteiger partial charge in [-0.25, -0.2) is 0 Å². The van der Waals surface area contributed by atoms with Crippen molar-refractivity contribution in [2.45, 2.75) is 60.0 Å². The molecule has 0 aromatic heterocycles. The highest BCUT2D eigenvalue weighted by atomic mass is 16.5. The predicted octanol–water partition coefficient (Wildman–Crippen LogP) is 4.63. The van der Waals surface area contributed by atoms with Gasteiger partial charge in [0.2, 0.25) is 0 Å². The average Bonchev–Trinajstić information content (AvgIpc) is 2.00. The first-order valence-electron chi connectivity index (χ1n) is 6.22. The Morgan fingerprint density at radius 1 is 0.933 bits per heavy atom. The van der Waals surface area contributed by atoms with Gasteiger partial charge in [-0.3, -0.25) is 0 Å². The minimum atomic E-state index is 0.358. The number of hydrogen-bond donors (Lipinski definition) is 0. The van der Waals surface area contributed by atoms with E-state index in [0.29, 0.717) is 12.0 Å². The maximum absolute atomic E-state index is 5.57. The molecule has 0 bridgehead atoms. The van der Waals surface area contributed by atoms with E-state index in [1.807, 2.05) is 0 Å². The van der Waals surface area contributed by atoms with Gasteiger partial charge in [-0.2, -0.15) is 0 Å². The number of ether oxygens (including phenoxy) is 1.